The summed E-state index contributed by atoms with van der Waals surface area (Å²) in [6.45, 7) is 2.06. The van der Waals surface area contributed by atoms with Gasteiger partial charge in [-0.05, 0) is 61.0 Å². The number of anilines is 1. The van der Waals surface area contributed by atoms with Crippen LogP contribution in [0.2, 0.25) is 0 Å². The van der Waals surface area contributed by atoms with Gasteiger partial charge in [0.1, 0.15) is 5.01 Å². The van der Waals surface area contributed by atoms with Gasteiger partial charge >= 0.3 is 5.00 Å². The number of nitro groups is 1. The summed E-state index contributed by atoms with van der Waals surface area (Å²) in [5.41, 5.74) is 3.84. The van der Waals surface area contributed by atoms with Crippen LogP contribution in [0.3, 0.4) is 0 Å². The lowest BCUT2D eigenvalue weighted by Crippen LogP contribution is -2.07. The van der Waals surface area contributed by atoms with Crippen molar-refractivity contribution in [1.29, 1.82) is 0 Å². The summed E-state index contributed by atoms with van der Waals surface area (Å²) in [6, 6.07) is 16.7. The molecule has 0 aliphatic heterocycles. The molecule has 0 saturated carbocycles. The van der Waals surface area contributed by atoms with E-state index < -0.39 is 4.92 Å². The van der Waals surface area contributed by atoms with Crippen LogP contribution in [0, 0.1) is 17.0 Å². The van der Waals surface area contributed by atoms with Gasteiger partial charge in [0, 0.05) is 28.3 Å². The van der Waals surface area contributed by atoms with Crippen LogP contribution in [0.4, 0.5) is 10.7 Å². The van der Waals surface area contributed by atoms with E-state index in [2.05, 4.69) is 23.3 Å². The van der Waals surface area contributed by atoms with E-state index in [1.54, 1.807) is 23.5 Å². The Balaban J connectivity index is 1.43. The number of fused-ring (bicyclic) bond motifs is 1. The van der Waals surface area contributed by atoms with Gasteiger partial charge in [-0.15, -0.1) is 11.3 Å². The number of hydrogen-bond donors (Lipinski definition) is 1. The van der Waals surface area contributed by atoms with Crippen LogP contribution in [0.15, 0.2) is 60.7 Å². The molecule has 0 atom stereocenters. The second-order valence-electron chi connectivity index (χ2n) is 6.32. The third-order valence-electron chi connectivity index (χ3n) is 4.13. The van der Waals surface area contributed by atoms with Gasteiger partial charge in [0.2, 0.25) is 5.91 Å². The molecule has 1 amide bonds. The normalized spacial score (nSPS) is 11.2. The van der Waals surface area contributed by atoms with Crippen molar-refractivity contribution in [3.63, 3.8) is 0 Å². The van der Waals surface area contributed by atoms with Crippen molar-refractivity contribution >= 4 is 55.6 Å². The van der Waals surface area contributed by atoms with Crippen molar-refractivity contribution in [1.82, 2.24) is 4.98 Å². The fraction of sp³-hybridized carbons (Fsp3) is 0.0476. The SMILES string of the molecule is Cc1ccc2nc(-c3ccc(NC(=O)/C=C/c4ccc([N+](=O)[O-])s4)cc3)sc2c1. The number of carbonyl (C=O) groups is 1. The third-order valence-corrected chi connectivity index (χ3v) is 6.20. The van der Waals surface area contributed by atoms with E-state index in [4.69, 9.17) is 0 Å². The maximum absolute atomic E-state index is 12.1. The second kappa shape index (κ2) is 7.94. The van der Waals surface area contributed by atoms with Crippen LogP contribution in [0.1, 0.15) is 10.4 Å². The number of nitrogens with one attached hydrogen (secondary N) is 1. The minimum absolute atomic E-state index is 0.0469. The highest BCUT2D eigenvalue weighted by Crippen LogP contribution is 2.31. The Kier molecular flexibility index (Phi) is 5.20. The Morgan fingerprint density at radius 1 is 1.10 bits per heavy atom. The van der Waals surface area contributed by atoms with E-state index in [-0.39, 0.29) is 10.9 Å². The smallest absolute Gasteiger partial charge is 0.323 e. The van der Waals surface area contributed by atoms with E-state index in [0.717, 1.165) is 32.1 Å². The van der Waals surface area contributed by atoms with Gasteiger partial charge < -0.3 is 5.32 Å². The number of aromatic nitrogens is 1. The van der Waals surface area contributed by atoms with Crippen molar-refractivity contribution in [2.75, 3.05) is 5.32 Å². The average Bonchev–Trinajstić information content (AvgIpc) is 3.33. The molecule has 6 nitrogen and oxygen atoms in total. The third kappa shape index (κ3) is 4.39. The Morgan fingerprint density at radius 2 is 1.90 bits per heavy atom. The molecule has 8 heteroatoms. The summed E-state index contributed by atoms with van der Waals surface area (Å²) in [6.07, 6.45) is 2.92. The van der Waals surface area contributed by atoms with Crippen LogP contribution in [-0.4, -0.2) is 15.8 Å². The molecule has 1 N–H and O–H groups in total. The van der Waals surface area contributed by atoms with E-state index in [1.165, 1.54) is 17.7 Å². The zero-order chi connectivity index (χ0) is 20.4. The first kappa shape index (κ1) is 19.0. The van der Waals surface area contributed by atoms with Crippen LogP contribution in [0.25, 0.3) is 26.9 Å². The highest BCUT2D eigenvalue weighted by Gasteiger charge is 2.09. The molecule has 29 heavy (non-hydrogen) atoms. The molecule has 0 spiro atoms. The number of nitrogens with zero attached hydrogens (tertiary/aromatic N) is 2. The standard InChI is InChI=1S/C21H15N3O3S2/c1-13-2-9-17-18(12-13)29-21(23-17)14-3-5-15(6-4-14)22-19(25)10-7-16-8-11-20(28-16)24(26)27/h2-12H,1H3,(H,22,25)/b10-7+. The summed E-state index contributed by atoms with van der Waals surface area (Å²) in [5.74, 6) is -0.302. The minimum atomic E-state index is -0.448. The number of aryl methyl sites for hydroxylation is 1. The van der Waals surface area contributed by atoms with E-state index in [0.29, 0.717) is 10.6 Å². The van der Waals surface area contributed by atoms with Crippen molar-refractivity contribution in [2.24, 2.45) is 0 Å². The van der Waals surface area contributed by atoms with E-state index in [9.17, 15) is 14.9 Å². The van der Waals surface area contributed by atoms with Crippen molar-refractivity contribution in [3.8, 4) is 10.6 Å². The predicted octanol–water partition coefficient (Wildman–Crippen LogP) is 5.89. The molecule has 2 heterocycles. The zero-order valence-corrected chi connectivity index (χ0v) is 16.9. The van der Waals surface area contributed by atoms with Gasteiger partial charge in [-0.25, -0.2) is 4.98 Å². The first-order valence-electron chi connectivity index (χ1n) is 8.69. The molecule has 0 fully saturated rings. The molecule has 0 radical (unpaired) electrons. The number of hydrogen-bond acceptors (Lipinski definition) is 6. The summed E-state index contributed by atoms with van der Waals surface area (Å²) < 4.78 is 1.15. The number of thiazole rings is 1. The van der Waals surface area contributed by atoms with Gasteiger partial charge in [-0.1, -0.05) is 17.4 Å². The Bertz CT molecular complexity index is 1240. The number of rotatable bonds is 5. The quantitative estimate of drug-likeness (QED) is 0.247. The van der Waals surface area contributed by atoms with Gasteiger partial charge in [0.15, 0.2) is 0 Å². The first-order chi connectivity index (χ1) is 14.0. The van der Waals surface area contributed by atoms with Gasteiger partial charge in [0.05, 0.1) is 15.1 Å². The molecular weight excluding hydrogens is 406 g/mol. The summed E-state index contributed by atoms with van der Waals surface area (Å²) in [4.78, 5) is 27.7. The molecule has 0 unspecified atom stereocenters. The summed E-state index contributed by atoms with van der Waals surface area (Å²) >= 11 is 2.66. The minimum Gasteiger partial charge on any atom is -0.323 e. The monoisotopic (exact) mass is 421 g/mol. The highest BCUT2D eigenvalue weighted by atomic mass is 32.1. The topological polar surface area (TPSA) is 85.1 Å². The summed E-state index contributed by atoms with van der Waals surface area (Å²) in [5, 5.41) is 14.5. The first-order valence-corrected chi connectivity index (χ1v) is 10.3. The molecule has 2 aromatic carbocycles. The Hall–Kier alpha value is -3.36. The maximum Gasteiger partial charge on any atom is 0.324 e. The van der Waals surface area contributed by atoms with Crippen molar-refractivity contribution in [3.05, 3.63) is 81.2 Å². The van der Waals surface area contributed by atoms with Gasteiger partial charge in [0.25, 0.3) is 0 Å². The maximum atomic E-state index is 12.1. The molecule has 0 bridgehead atoms. The van der Waals surface area contributed by atoms with Crippen molar-refractivity contribution in [2.45, 2.75) is 6.92 Å². The number of amides is 1. The average molecular weight is 422 g/mol. The lowest BCUT2D eigenvalue weighted by molar-refractivity contribution is -0.380. The molecule has 0 aliphatic rings. The molecular formula is C21H15N3O3S2. The molecule has 0 aliphatic carbocycles. The van der Waals surface area contributed by atoms with Crippen LogP contribution >= 0.6 is 22.7 Å². The van der Waals surface area contributed by atoms with Crippen molar-refractivity contribution < 1.29 is 9.72 Å². The largest absolute Gasteiger partial charge is 0.324 e. The number of carbonyl (C=O) groups excluding carboxylic acids is 1. The predicted molar refractivity (Wildman–Crippen MR) is 118 cm³/mol. The molecule has 0 saturated heterocycles. The molecule has 144 valence electrons. The number of benzene rings is 2. The second-order valence-corrected chi connectivity index (χ2v) is 8.45. The van der Waals surface area contributed by atoms with Crippen LogP contribution in [0.5, 0.6) is 0 Å². The fourth-order valence-corrected chi connectivity index (χ4v) is 4.52. The fourth-order valence-electron chi connectivity index (χ4n) is 2.72. The molecule has 4 rings (SSSR count). The van der Waals surface area contributed by atoms with Gasteiger partial charge in [-0.2, -0.15) is 0 Å². The van der Waals surface area contributed by atoms with Gasteiger partial charge in [-0.3, -0.25) is 14.9 Å². The Labute approximate surface area is 174 Å². The van der Waals surface area contributed by atoms with E-state index >= 15 is 0 Å². The van der Waals surface area contributed by atoms with Crippen LogP contribution in [-0.2, 0) is 4.79 Å². The van der Waals surface area contributed by atoms with E-state index in [1.807, 2.05) is 36.4 Å². The lowest BCUT2D eigenvalue weighted by atomic mass is 10.2. The summed E-state index contributed by atoms with van der Waals surface area (Å²) in [7, 11) is 0. The Morgan fingerprint density at radius 3 is 2.62 bits per heavy atom. The lowest BCUT2D eigenvalue weighted by Gasteiger charge is -2.03. The number of thiophene rings is 1. The molecule has 4 aromatic rings. The highest BCUT2D eigenvalue weighted by molar-refractivity contribution is 7.21. The van der Waals surface area contributed by atoms with Crippen LogP contribution < -0.4 is 5.32 Å². The zero-order valence-electron chi connectivity index (χ0n) is 15.3. The molecule has 2 aromatic heterocycles.